The minimum Gasteiger partial charge on any atom is -0.313 e. The predicted octanol–water partition coefficient (Wildman–Crippen LogP) is 5.03. The lowest BCUT2D eigenvalue weighted by Gasteiger charge is -2.34. The van der Waals surface area contributed by atoms with Crippen molar-refractivity contribution in [1.29, 1.82) is 0 Å². The highest BCUT2D eigenvalue weighted by Gasteiger charge is 2.31. The third kappa shape index (κ3) is 4.25. The van der Waals surface area contributed by atoms with Crippen LogP contribution in [-0.4, -0.2) is 15.6 Å². The molecule has 1 heterocycles. The standard InChI is InChI=1S/C23H25ClN4/c1-15-4-10-20-19(13-15)22(17-3-2-12-23(25,26)14-17)28-21(27-20)11-7-16-5-8-18(24)9-6-16/h4-11,13,17H,2-3,12,14,25-26H2,1H3. The van der Waals surface area contributed by atoms with E-state index in [2.05, 4.69) is 25.1 Å². The summed E-state index contributed by atoms with van der Waals surface area (Å²) in [5.41, 5.74) is 16.2. The molecule has 1 saturated carbocycles. The van der Waals surface area contributed by atoms with Gasteiger partial charge in [0, 0.05) is 16.3 Å². The molecule has 1 aliphatic rings. The second kappa shape index (κ2) is 7.63. The van der Waals surface area contributed by atoms with Crippen LogP contribution in [-0.2, 0) is 0 Å². The van der Waals surface area contributed by atoms with Gasteiger partial charge in [0.15, 0.2) is 5.82 Å². The van der Waals surface area contributed by atoms with Crippen molar-refractivity contribution in [3.8, 4) is 0 Å². The zero-order valence-electron chi connectivity index (χ0n) is 16.0. The van der Waals surface area contributed by atoms with Crippen LogP contribution in [0.4, 0.5) is 0 Å². The van der Waals surface area contributed by atoms with Crippen molar-refractivity contribution in [2.24, 2.45) is 11.5 Å². The number of hydrogen-bond acceptors (Lipinski definition) is 4. The lowest BCUT2D eigenvalue weighted by atomic mass is 9.79. The van der Waals surface area contributed by atoms with Gasteiger partial charge in [0.05, 0.1) is 16.9 Å². The zero-order chi connectivity index (χ0) is 19.7. The van der Waals surface area contributed by atoms with Crippen molar-refractivity contribution in [2.45, 2.75) is 44.2 Å². The summed E-state index contributed by atoms with van der Waals surface area (Å²) in [5, 5.41) is 1.83. The Labute approximate surface area is 170 Å². The van der Waals surface area contributed by atoms with E-state index in [1.807, 2.05) is 36.4 Å². The van der Waals surface area contributed by atoms with Crippen LogP contribution in [0.1, 0.15) is 54.2 Å². The molecule has 0 spiro atoms. The summed E-state index contributed by atoms with van der Waals surface area (Å²) in [6.07, 6.45) is 7.63. The Morgan fingerprint density at radius 2 is 1.86 bits per heavy atom. The third-order valence-electron chi connectivity index (χ3n) is 5.40. The minimum absolute atomic E-state index is 0.249. The minimum atomic E-state index is -0.622. The molecule has 1 atom stereocenters. The second-order valence-electron chi connectivity index (χ2n) is 7.90. The number of benzene rings is 2. The predicted molar refractivity (Wildman–Crippen MR) is 117 cm³/mol. The molecule has 1 aliphatic carbocycles. The Morgan fingerprint density at radius 3 is 2.61 bits per heavy atom. The highest BCUT2D eigenvalue weighted by molar-refractivity contribution is 6.30. The summed E-state index contributed by atoms with van der Waals surface area (Å²) in [4.78, 5) is 9.68. The van der Waals surface area contributed by atoms with E-state index in [4.69, 9.17) is 33.0 Å². The molecule has 144 valence electrons. The first kappa shape index (κ1) is 19.1. The smallest absolute Gasteiger partial charge is 0.152 e. The maximum atomic E-state index is 6.27. The van der Waals surface area contributed by atoms with Crippen LogP contribution >= 0.6 is 11.6 Å². The van der Waals surface area contributed by atoms with Crippen LogP contribution in [0.25, 0.3) is 23.1 Å². The first-order valence-electron chi connectivity index (χ1n) is 9.69. The van der Waals surface area contributed by atoms with Crippen LogP contribution in [0.3, 0.4) is 0 Å². The largest absolute Gasteiger partial charge is 0.313 e. The molecule has 2 aromatic carbocycles. The molecule has 4 rings (SSSR count). The fraction of sp³-hybridized carbons (Fsp3) is 0.304. The number of aryl methyl sites for hydroxylation is 1. The normalized spacial score (nSPS) is 19.4. The Hall–Kier alpha value is -2.27. The van der Waals surface area contributed by atoms with Gasteiger partial charge in [-0.3, -0.25) is 0 Å². The fourth-order valence-electron chi connectivity index (χ4n) is 3.99. The van der Waals surface area contributed by atoms with Gasteiger partial charge in [-0.2, -0.15) is 0 Å². The average Bonchev–Trinajstić information content (AvgIpc) is 2.66. The van der Waals surface area contributed by atoms with E-state index in [9.17, 15) is 0 Å². The van der Waals surface area contributed by atoms with E-state index in [1.54, 1.807) is 0 Å². The van der Waals surface area contributed by atoms with Crippen molar-refractivity contribution in [3.05, 3.63) is 70.1 Å². The Bertz CT molecular complexity index is 1020. The van der Waals surface area contributed by atoms with Crippen molar-refractivity contribution in [2.75, 3.05) is 0 Å². The lowest BCUT2D eigenvalue weighted by Crippen LogP contribution is -2.52. The molecule has 3 aromatic rings. The monoisotopic (exact) mass is 392 g/mol. The molecule has 1 fully saturated rings. The molecule has 0 amide bonds. The quantitative estimate of drug-likeness (QED) is 0.612. The Balaban J connectivity index is 1.76. The topological polar surface area (TPSA) is 77.8 Å². The van der Waals surface area contributed by atoms with Crippen LogP contribution in [0, 0.1) is 6.92 Å². The maximum absolute atomic E-state index is 6.27. The number of hydrogen-bond donors (Lipinski definition) is 2. The second-order valence-corrected chi connectivity index (χ2v) is 8.34. The number of halogens is 1. The van der Waals surface area contributed by atoms with Crippen molar-refractivity contribution in [1.82, 2.24) is 9.97 Å². The summed E-state index contributed by atoms with van der Waals surface area (Å²) in [6, 6.07) is 14.0. The molecule has 1 unspecified atom stereocenters. The van der Waals surface area contributed by atoms with Gasteiger partial charge in [-0.25, -0.2) is 9.97 Å². The average molecular weight is 393 g/mol. The molecule has 0 radical (unpaired) electrons. The van der Waals surface area contributed by atoms with Gasteiger partial charge in [0.2, 0.25) is 0 Å². The Morgan fingerprint density at radius 1 is 1.07 bits per heavy atom. The summed E-state index contributed by atoms with van der Waals surface area (Å²) < 4.78 is 0. The first-order valence-corrected chi connectivity index (χ1v) is 10.1. The van der Waals surface area contributed by atoms with Crippen molar-refractivity contribution >= 4 is 34.7 Å². The summed E-state index contributed by atoms with van der Waals surface area (Å²) in [5.74, 6) is 0.949. The molecule has 0 aliphatic heterocycles. The van der Waals surface area contributed by atoms with Gasteiger partial charge in [0.25, 0.3) is 0 Å². The molecule has 4 N–H and O–H groups in total. The number of aromatic nitrogens is 2. The molecule has 5 heteroatoms. The van der Waals surface area contributed by atoms with Crippen LogP contribution < -0.4 is 11.5 Å². The van der Waals surface area contributed by atoms with E-state index in [0.29, 0.717) is 5.82 Å². The molecule has 0 saturated heterocycles. The zero-order valence-corrected chi connectivity index (χ0v) is 16.8. The molecule has 1 aromatic heterocycles. The highest BCUT2D eigenvalue weighted by atomic mass is 35.5. The summed E-state index contributed by atoms with van der Waals surface area (Å²) in [6.45, 7) is 2.09. The van der Waals surface area contributed by atoms with Gasteiger partial charge in [-0.15, -0.1) is 0 Å². The number of rotatable bonds is 3. The maximum Gasteiger partial charge on any atom is 0.152 e. The van der Waals surface area contributed by atoms with Gasteiger partial charge >= 0.3 is 0 Å². The van der Waals surface area contributed by atoms with Gasteiger partial charge in [0.1, 0.15) is 0 Å². The van der Waals surface area contributed by atoms with E-state index < -0.39 is 5.66 Å². The fourth-order valence-corrected chi connectivity index (χ4v) is 4.11. The van der Waals surface area contributed by atoms with Crippen LogP contribution in [0.15, 0.2) is 42.5 Å². The summed E-state index contributed by atoms with van der Waals surface area (Å²) >= 11 is 5.97. The SMILES string of the molecule is Cc1ccc2nc(C=Cc3ccc(Cl)cc3)nc(C3CCCC(N)(N)C3)c2c1. The molecule has 4 nitrogen and oxygen atoms in total. The summed E-state index contributed by atoms with van der Waals surface area (Å²) in [7, 11) is 0. The van der Waals surface area contributed by atoms with E-state index in [1.165, 1.54) is 5.56 Å². The van der Waals surface area contributed by atoms with Gasteiger partial charge < -0.3 is 11.5 Å². The van der Waals surface area contributed by atoms with Crippen LogP contribution in [0.5, 0.6) is 0 Å². The van der Waals surface area contributed by atoms with Crippen LogP contribution in [0.2, 0.25) is 5.02 Å². The highest BCUT2D eigenvalue weighted by Crippen LogP contribution is 2.37. The molecular weight excluding hydrogens is 368 g/mol. The molecule has 0 bridgehead atoms. The Kier molecular flexibility index (Phi) is 5.19. The van der Waals surface area contributed by atoms with E-state index in [-0.39, 0.29) is 5.92 Å². The molecule has 28 heavy (non-hydrogen) atoms. The van der Waals surface area contributed by atoms with Crippen molar-refractivity contribution in [3.63, 3.8) is 0 Å². The van der Waals surface area contributed by atoms with Gasteiger partial charge in [-0.05, 0) is 68.5 Å². The number of nitrogens with two attached hydrogens (primary N) is 2. The number of nitrogens with zero attached hydrogens (tertiary/aromatic N) is 2. The number of fused-ring (bicyclic) bond motifs is 1. The lowest BCUT2D eigenvalue weighted by molar-refractivity contribution is 0.274. The van der Waals surface area contributed by atoms with E-state index in [0.717, 1.165) is 52.9 Å². The molecular formula is C23H25ClN4. The van der Waals surface area contributed by atoms with E-state index >= 15 is 0 Å². The van der Waals surface area contributed by atoms with Gasteiger partial charge in [-0.1, -0.05) is 41.4 Å². The first-order chi connectivity index (χ1) is 13.4. The van der Waals surface area contributed by atoms with Crippen molar-refractivity contribution < 1.29 is 0 Å². The third-order valence-corrected chi connectivity index (χ3v) is 5.65.